The lowest BCUT2D eigenvalue weighted by molar-refractivity contribution is -0.135. The van der Waals surface area contributed by atoms with Gasteiger partial charge in [0.25, 0.3) is 0 Å². The summed E-state index contributed by atoms with van der Waals surface area (Å²) in [5.41, 5.74) is 1.13. The third-order valence-corrected chi connectivity index (χ3v) is 8.54. The maximum Gasteiger partial charge on any atom is 0.226 e. The van der Waals surface area contributed by atoms with Gasteiger partial charge in [0.1, 0.15) is 0 Å². The number of piperazine rings is 1. The average molecular weight is 456 g/mol. The third kappa shape index (κ3) is 4.38. The Bertz CT molecular complexity index is 932. The zero-order valence-electron chi connectivity index (χ0n) is 18.8. The van der Waals surface area contributed by atoms with E-state index in [0.29, 0.717) is 11.7 Å². The second-order valence-electron chi connectivity index (χ2n) is 9.54. The summed E-state index contributed by atoms with van der Waals surface area (Å²) in [5.74, 6) is 1.38. The van der Waals surface area contributed by atoms with Gasteiger partial charge in [0.05, 0.1) is 7.11 Å². The van der Waals surface area contributed by atoms with Crippen molar-refractivity contribution < 1.29 is 14.6 Å². The summed E-state index contributed by atoms with van der Waals surface area (Å²) < 4.78 is 5.24. The molecule has 6 nitrogen and oxygen atoms in total. The summed E-state index contributed by atoms with van der Waals surface area (Å²) in [6.07, 6.45) is 3.21. The van der Waals surface area contributed by atoms with Gasteiger partial charge in [-0.1, -0.05) is 18.2 Å². The smallest absolute Gasteiger partial charge is 0.226 e. The molecule has 1 aromatic heterocycles. The molecule has 1 aromatic carbocycles. The Morgan fingerprint density at radius 1 is 1.06 bits per heavy atom. The van der Waals surface area contributed by atoms with Crippen molar-refractivity contribution in [2.24, 2.45) is 11.3 Å². The Morgan fingerprint density at radius 2 is 1.81 bits per heavy atom. The van der Waals surface area contributed by atoms with Crippen molar-refractivity contribution in [1.82, 2.24) is 14.7 Å². The van der Waals surface area contributed by atoms with Crippen LogP contribution < -0.4 is 4.74 Å². The number of hydrogen-bond acceptors (Lipinski definition) is 6. The number of hydrogen-bond donors (Lipinski definition) is 1. The van der Waals surface area contributed by atoms with Gasteiger partial charge in [0.15, 0.2) is 11.5 Å². The van der Waals surface area contributed by atoms with Crippen molar-refractivity contribution in [3.8, 4) is 11.5 Å². The van der Waals surface area contributed by atoms with E-state index >= 15 is 0 Å². The molecule has 3 aliphatic rings. The highest BCUT2D eigenvalue weighted by atomic mass is 32.1. The van der Waals surface area contributed by atoms with Crippen LogP contribution in [0.4, 0.5) is 0 Å². The number of piperidine rings is 1. The maximum atomic E-state index is 13.2. The molecule has 172 valence electrons. The van der Waals surface area contributed by atoms with E-state index in [1.807, 2.05) is 23.5 Å². The van der Waals surface area contributed by atoms with Crippen LogP contribution in [-0.2, 0) is 17.9 Å². The zero-order valence-corrected chi connectivity index (χ0v) is 19.6. The summed E-state index contributed by atoms with van der Waals surface area (Å²) in [6, 6.07) is 9.97. The lowest BCUT2D eigenvalue weighted by Gasteiger charge is -2.36. The first-order chi connectivity index (χ1) is 15.6. The summed E-state index contributed by atoms with van der Waals surface area (Å²) in [6.45, 7) is 7.36. The van der Waals surface area contributed by atoms with E-state index in [1.165, 1.54) is 4.88 Å². The first kappa shape index (κ1) is 21.7. The quantitative estimate of drug-likeness (QED) is 0.724. The Balaban J connectivity index is 1.09. The molecule has 1 saturated carbocycles. The van der Waals surface area contributed by atoms with Crippen molar-refractivity contribution in [2.45, 2.75) is 32.4 Å². The number of nitrogens with zero attached hydrogens (tertiary/aromatic N) is 3. The van der Waals surface area contributed by atoms with Crippen LogP contribution in [-0.4, -0.2) is 72.1 Å². The van der Waals surface area contributed by atoms with E-state index in [1.54, 1.807) is 13.2 Å². The number of phenols is 1. The van der Waals surface area contributed by atoms with Gasteiger partial charge < -0.3 is 14.7 Å². The SMILES string of the molecule is COc1cccc(CN2CCC3(CC2)C[C@H]3C(=O)N2CCN(Cc3cccs3)CC2)c1O. The number of rotatable bonds is 6. The van der Waals surface area contributed by atoms with Crippen LogP contribution in [0, 0.1) is 11.3 Å². The fourth-order valence-corrected chi connectivity index (χ4v) is 6.22. The molecule has 2 aromatic rings. The molecular formula is C25H33N3O3S. The van der Waals surface area contributed by atoms with Gasteiger partial charge in [0.2, 0.25) is 5.91 Å². The third-order valence-electron chi connectivity index (χ3n) is 7.68. The number of carbonyl (C=O) groups excluding carboxylic acids is 1. The number of amides is 1. The van der Waals surface area contributed by atoms with Crippen LogP contribution in [0.5, 0.6) is 11.5 Å². The summed E-state index contributed by atoms with van der Waals surface area (Å²) in [5, 5.41) is 12.5. The number of aromatic hydroxyl groups is 1. The molecule has 32 heavy (non-hydrogen) atoms. The van der Waals surface area contributed by atoms with Gasteiger partial charge in [0, 0.05) is 55.6 Å². The van der Waals surface area contributed by atoms with Crippen molar-refractivity contribution >= 4 is 17.2 Å². The van der Waals surface area contributed by atoms with Crippen molar-refractivity contribution in [3.63, 3.8) is 0 Å². The van der Waals surface area contributed by atoms with Crippen LogP contribution in [0.1, 0.15) is 29.7 Å². The van der Waals surface area contributed by atoms with Crippen molar-refractivity contribution in [1.29, 1.82) is 0 Å². The van der Waals surface area contributed by atoms with Crippen LogP contribution in [0.15, 0.2) is 35.7 Å². The first-order valence-corrected chi connectivity index (χ1v) is 12.6. The lowest BCUT2D eigenvalue weighted by atomic mass is 9.90. The van der Waals surface area contributed by atoms with E-state index in [-0.39, 0.29) is 17.1 Å². The summed E-state index contributed by atoms with van der Waals surface area (Å²) in [4.78, 5) is 21.6. The number of methoxy groups -OCH3 is 1. The Labute approximate surface area is 194 Å². The standard InChI is InChI=1S/C25H33N3O3S/c1-31-22-6-2-4-19(23(22)29)17-26-9-7-25(8-10-26)16-21(25)24(30)28-13-11-27(12-14-28)18-20-5-3-15-32-20/h2-6,15,21,29H,7-14,16-18H2,1H3/t21-/m0/s1. The molecule has 0 unspecified atom stereocenters. The van der Waals surface area contributed by atoms with Crippen LogP contribution >= 0.6 is 11.3 Å². The van der Waals surface area contributed by atoms with Gasteiger partial charge in [-0.25, -0.2) is 0 Å². The molecule has 1 amide bonds. The number of carbonyl (C=O) groups is 1. The van der Waals surface area contributed by atoms with E-state index in [9.17, 15) is 9.90 Å². The number of ether oxygens (including phenoxy) is 1. The highest BCUT2D eigenvalue weighted by Crippen LogP contribution is 2.60. The molecule has 1 spiro atoms. The van der Waals surface area contributed by atoms with Crippen LogP contribution in [0.25, 0.3) is 0 Å². The molecule has 1 atom stereocenters. The summed E-state index contributed by atoms with van der Waals surface area (Å²) in [7, 11) is 1.58. The molecule has 3 fully saturated rings. The Morgan fingerprint density at radius 3 is 2.50 bits per heavy atom. The minimum atomic E-state index is 0.220. The summed E-state index contributed by atoms with van der Waals surface area (Å²) >= 11 is 1.81. The molecule has 1 aliphatic carbocycles. The second kappa shape index (κ2) is 9.04. The molecule has 0 bridgehead atoms. The first-order valence-electron chi connectivity index (χ1n) is 11.7. The van der Waals surface area contributed by atoms with Crippen LogP contribution in [0.2, 0.25) is 0 Å². The van der Waals surface area contributed by atoms with E-state index in [0.717, 1.165) is 77.2 Å². The second-order valence-corrected chi connectivity index (χ2v) is 10.6. The monoisotopic (exact) mass is 455 g/mol. The van der Waals surface area contributed by atoms with E-state index < -0.39 is 0 Å². The molecule has 5 rings (SSSR count). The van der Waals surface area contributed by atoms with E-state index in [2.05, 4.69) is 32.2 Å². The van der Waals surface area contributed by atoms with Gasteiger partial charge in [-0.15, -0.1) is 11.3 Å². The fourth-order valence-electron chi connectivity index (χ4n) is 5.48. The molecule has 1 N–H and O–H groups in total. The average Bonchev–Trinajstić information content (AvgIpc) is 3.25. The highest BCUT2D eigenvalue weighted by Gasteiger charge is 2.59. The minimum Gasteiger partial charge on any atom is -0.504 e. The maximum absolute atomic E-state index is 13.2. The Kier molecular flexibility index (Phi) is 6.14. The van der Waals surface area contributed by atoms with Gasteiger partial charge in [-0.3, -0.25) is 14.6 Å². The van der Waals surface area contributed by atoms with Crippen molar-refractivity contribution in [3.05, 3.63) is 46.2 Å². The fraction of sp³-hybridized carbons (Fsp3) is 0.560. The molecule has 0 radical (unpaired) electrons. The predicted molar refractivity (Wildman–Crippen MR) is 126 cm³/mol. The van der Waals surface area contributed by atoms with Crippen molar-refractivity contribution in [2.75, 3.05) is 46.4 Å². The topological polar surface area (TPSA) is 56.2 Å². The van der Waals surface area contributed by atoms with Crippen LogP contribution in [0.3, 0.4) is 0 Å². The minimum absolute atomic E-state index is 0.220. The number of benzene rings is 1. The molecule has 2 saturated heterocycles. The number of likely N-dealkylation sites (tertiary alicyclic amines) is 1. The molecular weight excluding hydrogens is 422 g/mol. The number of thiophene rings is 1. The largest absolute Gasteiger partial charge is 0.504 e. The molecule has 2 aliphatic heterocycles. The Hall–Kier alpha value is -2.09. The number of para-hydroxylation sites is 1. The molecule has 7 heteroatoms. The molecule has 3 heterocycles. The predicted octanol–water partition coefficient (Wildman–Crippen LogP) is 3.41. The zero-order chi connectivity index (χ0) is 22.1. The highest BCUT2D eigenvalue weighted by molar-refractivity contribution is 7.09. The number of phenolic OH excluding ortho intramolecular Hbond substituents is 1. The van der Waals surface area contributed by atoms with E-state index in [4.69, 9.17) is 4.74 Å². The normalized spacial score (nSPS) is 23.4. The van der Waals surface area contributed by atoms with Gasteiger partial charge >= 0.3 is 0 Å². The lowest BCUT2D eigenvalue weighted by Crippen LogP contribution is -2.49. The van der Waals surface area contributed by atoms with Gasteiger partial charge in [-0.2, -0.15) is 0 Å². The van der Waals surface area contributed by atoms with Gasteiger partial charge in [-0.05, 0) is 55.3 Å².